The van der Waals surface area contributed by atoms with Crippen molar-refractivity contribution in [1.82, 2.24) is 9.80 Å². The first-order chi connectivity index (χ1) is 9.86. The molecule has 0 atom stereocenters. The minimum Gasteiger partial charge on any atom is -0.397 e. The van der Waals surface area contributed by atoms with E-state index in [0.717, 1.165) is 0 Å². The normalized spacial score (nSPS) is 15.3. The summed E-state index contributed by atoms with van der Waals surface area (Å²) in [5, 5.41) is 3.01. The van der Waals surface area contributed by atoms with Crippen LogP contribution in [0.2, 0.25) is 5.02 Å². The van der Waals surface area contributed by atoms with Crippen LogP contribution in [0.3, 0.4) is 0 Å². The van der Waals surface area contributed by atoms with E-state index in [1.165, 1.54) is 15.9 Å². The van der Waals surface area contributed by atoms with Crippen LogP contribution in [0.5, 0.6) is 0 Å². The zero-order valence-corrected chi connectivity index (χ0v) is 12.2. The van der Waals surface area contributed by atoms with Crippen LogP contribution < -0.4 is 11.1 Å². The van der Waals surface area contributed by atoms with E-state index >= 15 is 0 Å². The van der Waals surface area contributed by atoms with Gasteiger partial charge >= 0.3 is 0 Å². The molecule has 1 aromatic rings. The maximum atomic E-state index is 11.9. The van der Waals surface area contributed by atoms with E-state index in [1.807, 2.05) is 0 Å². The van der Waals surface area contributed by atoms with Crippen LogP contribution in [-0.2, 0) is 14.4 Å². The van der Waals surface area contributed by atoms with Gasteiger partial charge in [0.25, 0.3) is 0 Å². The summed E-state index contributed by atoms with van der Waals surface area (Å²) in [6.07, 6.45) is 0. The summed E-state index contributed by atoms with van der Waals surface area (Å²) in [7, 11) is 1.55. The molecule has 1 saturated heterocycles. The Kier molecular flexibility index (Phi) is 4.32. The quantitative estimate of drug-likeness (QED) is 0.777. The third kappa shape index (κ3) is 3.63. The van der Waals surface area contributed by atoms with E-state index in [1.54, 1.807) is 19.2 Å². The lowest BCUT2D eigenvalue weighted by Crippen LogP contribution is -2.54. The first-order valence-corrected chi connectivity index (χ1v) is 6.61. The molecular weight excluding hydrogens is 296 g/mol. The lowest BCUT2D eigenvalue weighted by Gasteiger charge is -2.31. The first-order valence-electron chi connectivity index (χ1n) is 6.23. The Morgan fingerprint density at radius 1 is 1.33 bits per heavy atom. The number of carbonyl (C=O) groups is 3. The number of nitrogen functional groups attached to an aromatic ring is 1. The summed E-state index contributed by atoms with van der Waals surface area (Å²) in [5.74, 6) is -0.911. The molecule has 7 nitrogen and oxygen atoms in total. The van der Waals surface area contributed by atoms with E-state index in [4.69, 9.17) is 17.3 Å². The number of piperazine rings is 1. The number of anilines is 2. The molecular formula is C13H15ClN4O3. The average Bonchev–Trinajstić information content (AvgIpc) is 2.40. The molecule has 21 heavy (non-hydrogen) atoms. The standard InChI is InChI=1S/C13H15ClN4O3/c1-17-6-13(21)18(7-12(17)20)5-11(19)16-10-4-8(14)2-3-9(10)15/h2-4H,5-7,15H2,1H3,(H,16,19). The number of nitrogens with zero attached hydrogens (tertiary/aromatic N) is 2. The minimum absolute atomic E-state index is 0.0224. The predicted molar refractivity (Wildman–Crippen MR) is 78.7 cm³/mol. The van der Waals surface area contributed by atoms with Gasteiger partial charge in [-0.2, -0.15) is 0 Å². The van der Waals surface area contributed by atoms with Gasteiger partial charge in [-0.05, 0) is 18.2 Å². The molecule has 1 aliphatic rings. The molecule has 0 radical (unpaired) electrons. The third-order valence-electron chi connectivity index (χ3n) is 3.10. The van der Waals surface area contributed by atoms with Crippen LogP contribution in [0.4, 0.5) is 11.4 Å². The number of nitrogens with one attached hydrogen (secondary N) is 1. The van der Waals surface area contributed by atoms with Gasteiger partial charge in [-0.1, -0.05) is 11.6 Å². The van der Waals surface area contributed by atoms with E-state index < -0.39 is 5.91 Å². The molecule has 1 heterocycles. The highest BCUT2D eigenvalue weighted by Crippen LogP contribution is 2.22. The second-order valence-electron chi connectivity index (χ2n) is 4.78. The number of hydrogen-bond donors (Lipinski definition) is 2. The Balaban J connectivity index is 2.00. The summed E-state index contributed by atoms with van der Waals surface area (Å²) in [6.45, 7) is -0.330. The highest BCUT2D eigenvalue weighted by Gasteiger charge is 2.28. The number of hydrogen-bond acceptors (Lipinski definition) is 4. The number of likely N-dealkylation sites (N-methyl/N-ethyl adjacent to an activating group) is 1. The number of nitrogens with two attached hydrogens (primary N) is 1. The molecule has 1 aliphatic heterocycles. The van der Waals surface area contributed by atoms with Gasteiger partial charge in [0.15, 0.2) is 0 Å². The van der Waals surface area contributed by atoms with Crippen molar-refractivity contribution in [3.8, 4) is 0 Å². The fourth-order valence-corrected chi connectivity index (χ4v) is 2.08. The minimum atomic E-state index is -0.435. The van der Waals surface area contributed by atoms with E-state index in [9.17, 15) is 14.4 Å². The van der Waals surface area contributed by atoms with Crippen LogP contribution in [0.1, 0.15) is 0 Å². The molecule has 0 spiro atoms. The van der Waals surface area contributed by atoms with Crippen molar-refractivity contribution in [3.05, 3.63) is 23.2 Å². The van der Waals surface area contributed by atoms with Gasteiger partial charge < -0.3 is 20.9 Å². The van der Waals surface area contributed by atoms with Crippen molar-refractivity contribution >= 4 is 40.7 Å². The maximum absolute atomic E-state index is 11.9. The van der Waals surface area contributed by atoms with Crippen LogP contribution in [0, 0.1) is 0 Å². The number of amides is 3. The van der Waals surface area contributed by atoms with Crippen LogP contribution in [-0.4, -0.2) is 54.2 Å². The zero-order valence-electron chi connectivity index (χ0n) is 11.4. The number of benzene rings is 1. The molecule has 0 unspecified atom stereocenters. The van der Waals surface area contributed by atoms with Gasteiger partial charge in [0.05, 0.1) is 17.9 Å². The van der Waals surface area contributed by atoms with Gasteiger partial charge in [0, 0.05) is 12.1 Å². The second kappa shape index (κ2) is 6.01. The largest absolute Gasteiger partial charge is 0.397 e. The van der Waals surface area contributed by atoms with Gasteiger partial charge in [0.1, 0.15) is 13.1 Å². The molecule has 1 aromatic carbocycles. The predicted octanol–water partition coefficient (Wildman–Crippen LogP) is 0.161. The van der Waals surface area contributed by atoms with E-state index in [-0.39, 0.29) is 31.4 Å². The lowest BCUT2D eigenvalue weighted by molar-refractivity contribution is -0.149. The van der Waals surface area contributed by atoms with Gasteiger partial charge in [-0.15, -0.1) is 0 Å². The Labute approximate surface area is 126 Å². The van der Waals surface area contributed by atoms with Crippen molar-refractivity contribution in [2.24, 2.45) is 0 Å². The highest BCUT2D eigenvalue weighted by atomic mass is 35.5. The highest BCUT2D eigenvalue weighted by molar-refractivity contribution is 6.31. The Bertz CT molecular complexity index is 605. The van der Waals surface area contributed by atoms with Crippen LogP contribution in [0.25, 0.3) is 0 Å². The molecule has 3 amide bonds. The summed E-state index contributed by atoms with van der Waals surface area (Å²) in [6, 6.07) is 4.70. The van der Waals surface area contributed by atoms with Crippen molar-refractivity contribution in [2.75, 3.05) is 37.7 Å². The zero-order chi connectivity index (χ0) is 15.6. The first kappa shape index (κ1) is 15.1. The molecule has 0 aliphatic carbocycles. The average molecular weight is 311 g/mol. The van der Waals surface area contributed by atoms with Gasteiger partial charge in [-0.25, -0.2) is 0 Å². The Morgan fingerprint density at radius 2 is 2.05 bits per heavy atom. The fourth-order valence-electron chi connectivity index (χ4n) is 1.91. The number of halogens is 1. The summed E-state index contributed by atoms with van der Waals surface area (Å²) in [4.78, 5) is 37.8. The topological polar surface area (TPSA) is 95.7 Å². The molecule has 3 N–H and O–H groups in total. The fraction of sp³-hybridized carbons (Fsp3) is 0.308. The van der Waals surface area contributed by atoms with Crippen LogP contribution in [0.15, 0.2) is 18.2 Å². The molecule has 0 bridgehead atoms. The molecule has 1 fully saturated rings. The molecule has 0 saturated carbocycles. The van der Waals surface area contributed by atoms with Crippen LogP contribution >= 0.6 is 11.6 Å². The molecule has 0 aromatic heterocycles. The van der Waals surface area contributed by atoms with Crippen molar-refractivity contribution in [2.45, 2.75) is 0 Å². The summed E-state index contributed by atoms with van der Waals surface area (Å²) < 4.78 is 0. The van der Waals surface area contributed by atoms with Crippen molar-refractivity contribution in [1.29, 1.82) is 0 Å². The summed E-state index contributed by atoms with van der Waals surface area (Å²) >= 11 is 5.83. The smallest absolute Gasteiger partial charge is 0.244 e. The van der Waals surface area contributed by atoms with Gasteiger partial charge in [-0.3, -0.25) is 14.4 Å². The second-order valence-corrected chi connectivity index (χ2v) is 5.22. The van der Waals surface area contributed by atoms with Crippen molar-refractivity contribution in [3.63, 3.8) is 0 Å². The maximum Gasteiger partial charge on any atom is 0.244 e. The number of carbonyl (C=O) groups excluding carboxylic acids is 3. The van der Waals surface area contributed by atoms with Crippen molar-refractivity contribution < 1.29 is 14.4 Å². The number of rotatable bonds is 3. The lowest BCUT2D eigenvalue weighted by atomic mass is 10.2. The van der Waals surface area contributed by atoms with E-state index in [2.05, 4.69) is 5.32 Å². The molecule has 112 valence electrons. The molecule has 2 rings (SSSR count). The third-order valence-corrected chi connectivity index (χ3v) is 3.34. The SMILES string of the molecule is CN1CC(=O)N(CC(=O)Nc2cc(Cl)ccc2N)CC1=O. The van der Waals surface area contributed by atoms with E-state index in [0.29, 0.717) is 16.4 Å². The van der Waals surface area contributed by atoms with Gasteiger partial charge in [0.2, 0.25) is 17.7 Å². The Morgan fingerprint density at radius 3 is 2.76 bits per heavy atom. The summed E-state index contributed by atoms with van der Waals surface area (Å²) in [5.41, 5.74) is 6.47. The monoisotopic (exact) mass is 310 g/mol. The molecule has 8 heteroatoms. The Hall–Kier alpha value is -2.28.